The molecule has 4 rings (SSSR count). The Balaban J connectivity index is 1.40. The summed E-state index contributed by atoms with van der Waals surface area (Å²) < 4.78 is 38.5. The fraction of sp³-hybridized carbons (Fsp3) is 0.267. The van der Waals surface area contributed by atoms with Crippen molar-refractivity contribution in [3.05, 3.63) is 87.4 Å². The highest BCUT2D eigenvalue weighted by Crippen LogP contribution is 2.27. The second-order valence-corrected chi connectivity index (χ2v) is 12.0. The van der Waals surface area contributed by atoms with E-state index in [0.29, 0.717) is 43.1 Å². The smallest absolute Gasteiger partial charge is 0.264 e. The first kappa shape index (κ1) is 31.7. The van der Waals surface area contributed by atoms with Crippen LogP contribution in [0.1, 0.15) is 32.6 Å². The molecular formula is C30H29ClN4O7S. The number of nitrogens with zero attached hydrogens (tertiary/aromatic N) is 2. The van der Waals surface area contributed by atoms with Crippen LogP contribution in [0.4, 0.5) is 5.69 Å². The number of sulfonamides is 1. The Kier molecular flexibility index (Phi) is 10.2. The number of carbonyl (C=O) groups excluding carboxylic acids is 3. The summed E-state index contributed by atoms with van der Waals surface area (Å²) in [7, 11) is -4.13. The van der Waals surface area contributed by atoms with Crippen molar-refractivity contribution in [2.24, 2.45) is 0 Å². The molecule has 3 aromatic carbocycles. The minimum absolute atomic E-state index is 0.0669. The third kappa shape index (κ3) is 8.39. The van der Waals surface area contributed by atoms with E-state index in [1.807, 2.05) is 6.07 Å². The highest BCUT2D eigenvalue weighted by atomic mass is 35.5. The first-order chi connectivity index (χ1) is 20.4. The van der Waals surface area contributed by atoms with Gasteiger partial charge in [-0.2, -0.15) is 5.26 Å². The highest BCUT2D eigenvalue weighted by molar-refractivity contribution is 7.90. The molecule has 43 heavy (non-hydrogen) atoms. The number of nitriles is 1. The molecule has 13 heteroatoms. The van der Waals surface area contributed by atoms with Gasteiger partial charge in [0.2, 0.25) is 5.91 Å². The van der Waals surface area contributed by atoms with Gasteiger partial charge in [-0.3, -0.25) is 19.3 Å². The van der Waals surface area contributed by atoms with Crippen LogP contribution in [0.3, 0.4) is 0 Å². The highest BCUT2D eigenvalue weighted by Gasteiger charge is 2.22. The summed E-state index contributed by atoms with van der Waals surface area (Å²) in [5.41, 5.74) is 2.23. The maximum Gasteiger partial charge on any atom is 0.264 e. The Morgan fingerprint density at radius 2 is 1.77 bits per heavy atom. The Bertz CT molecular complexity index is 1710. The van der Waals surface area contributed by atoms with Crippen molar-refractivity contribution in [2.75, 3.05) is 44.8 Å². The normalized spacial score (nSPS) is 13.5. The number of nitrogens with one attached hydrogen (secondary N) is 2. The first-order valence-corrected chi connectivity index (χ1v) is 15.1. The summed E-state index contributed by atoms with van der Waals surface area (Å²) >= 11 is 6.13. The predicted molar refractivity (Wildman–Crippen MR) is 159 cm³/mol. The van der Waals surface area contributed by atoms with E-state index in [4.69, 9.17) is 21.1 Å². The summed E-state index contributed by atoms with van der Waals surface area (Å²) in [5.74, 6) is -1.52. The largest absolute Gasteiger partial charge is 0.483 e. The average Bonchev–Trinajstić information content (AvgIpc) is 2.96. The lowest BCUT2D eigenvalue weighted by Gasteiger charge is -2.25. The maximum atomic E-state index is 13.3. The summed E-state index contributed by atoms with van der Waals surface area (Å²) in [6.07, 6.45) is 0. The van der Waals surface area contributed by atoms with Crippen LogP contribution in [0.25, 0.3) is 0 Å². The number of aryl methyl sites for hydroxylation is 2. The van der Waals surface area contributed by atoms with Gasteiger partial charge in [-0.05, 0) is 79.6 Å². The second kappa shape index (κ2) is 13.8. The van der Waals surface area contributed by atoms with Crippen molar-refractivity contribution in [1.82, 2.24) is 9.62 Å². The van der Waals surface area contributed by atoms with Crippen LogP contribution in [0.2, 0.25) is 5.02 Å². The van der Waals surface area contributed by atoms with Crippen molar-refractivity contribution in [3.8, 4) is 11.8 Å². The van der Waals surface area contributed by atoms with Crippen molar-refractivity contribution in [3.63, 3.8) is 0 Å². The minimum Gasteiger partial charge on any atom is -0.483 e. The maximum absolute atomic E-state index is 13.3. The van der Waals surface area contributed by atoms with Crippen LogP contribution >= 0.6 is 11.6 Å². The van der Waals surface area contributed by atoms with Gasteiger partial charge in [0.05, 0.1) is 41.9 Å². The summed E-state index contributed by atoms with van der Waals surface area (Å²) in [6.45, 7) is 4.88. The Labute approximate surface area is 254 Å². The van der Waals surface area contributed by atoms with Gasteiger partial charge < -0.3 is 14.8 Å². The number of ketones is 1. The summed E-state index contributed by atoms with van der Waals surface area (Å²) in [5, 5.41) is 12.2. The fourth-order valence-electron chi connectivity index (χ4n) is 4.42. The van der Waals surface area contributed by atoms with E-state index < -0.39 is 34.2 Å². The van der Waals surface area contributed by atoms with Gasteiger partial charge in [0.15, 0.2) is 12.4 Å². The van der Waals surface area contributed by atoms with E-state index in [2.05, 4.69) is 10.0 Å². The molecule has 0 aliphatic carbocycles. The molecule has 1 heterocycles. The number of hydrogen-bond donors (Lipinski definition) is 2. The van der Waals surface area contributed by atoms with Crippen LogP contribution in [-0.2, 0) is 24.3 Å². The Morgan fingerprint density at radius 3 is 2.47 bits per heavy atom. The van der Waals surface area contributed by atoms with Crippen LogP contribution < -0.4 is 14.8 Å². The summed E-state index contributed by atoms with van der Waals surface area (Å²) in [4.78, 5) is 40.0. The number of anilines is 1. The van der Waals surface area contributed by atoms with Gasteiger partial charge in [-0.25, -0.2) is 13.1 Å². The molecule has 1 aliphatic rings. The zero-order valence-electron chi connectivity index (χ0n) is 23.5. The van der Waals surface area contributed by atoms with Gasteiger partial charge in [0.1, 0.15) is 5.75 Å². The molecule has 1 fully saturated rings. The predicted octanol–water partition coefficient (Wildman–Crippen LogP) is 3.21. The second-order valence-electron chi connectivity index (χ2n) is 9.90. The molecule has 0 unspecified atom stereocenters. The van der Waals surface area contributed by atoms with E-state index >= 15 is 0 Å². The molecule has 0 radical (unpaired) electrons. The lowest BCUT2D eigenvalue weighted by Crippen LogP contribution is -2.44. The minimum atomic E-state index is -4.13. The first-order valence-electron chi connectivity index (χ1n) is 13.2. The topological polar surface area (TPSA) is 155 Å². The molecule has 3 aromatic rings. The van der Waals surface area contributed by atoms with Crippen molar-refractivity contribution in [1.29, 1.82) is 5.26 Å². The number of amides is 2. The molecule has 0 atom stereocenters. The number of halogens is 1. The molecule has 2 amide bonds. The average molecular weight is 625 g/mol. The standard InChI is InChI=1S/C30H29ClN4O7S/c1-19-11-21(16-32)14-22(12-19)30(38)25-15-23(31)3-6-27(25)42-18-29(37)33-26-5-4-24(13-20(26)2)43(39,40)34-28(36)17-35-7-9-41-10-8-35/h3-6,11-15H,7-10,17-18H2,1-2H3,(H,33,37)(H,34,36). The van der Waals surface area contributed by atoms with E-state index in [0.717, 1.165) is 5.56 Å². The van der Waals surface area contributed by atoms with Crippen LogP contribution in [-0.4, -0.2) is 70.4 Å². The molecular weight excluding hydrogens is 596 g/mol. The quantitative estimate of drug-likeness (QED) is 0.324. The van der Waals surface area contributed by atoms with Gasteiger partial charge in [-0.1, -0.05) is 11.6 Å². The van der Waals surface area contributed by atoms with Crippen molar-refractivity contribution < 1.29 is 32.3 Å². The number of rotatable bonds is 10. The third-order valence-electron chi connectivity index (χ3n) is 6.52. The zero-order chi connectivity index (χ0) is 31.1. The molecule has 11 nitrogen and oxygen atoms in total. The molecule has 1 saturated heterocycles. The Hall–Kier alpha value is -4.28. The molecule has 2 N–H and O–H groups in total. The number of carbonyl (C=O) groups is 3. The molecule has 0 aromatic heterocycles. The van der Waals surface area contributed by atoms with Crippen LogP contribution in [0, 0.1) is 25.2 Å². The number of ether oxygens (including phenoxy) is 2. The Morgan fingerprint density at radius 1 is 1.02 bits per heavy atom. The van der Waals surface area contributed by atoms with Gasteiger partial charge in [0, 0.05) is 29.4 Å². The van der Waals surface area contributed by atoms with Gasteiger partial charge >= 0.3 is 0 Å². The molecule has 0 bridgehead atoms. The lowest BCUT2D eigenvalue weighted by molar-refractivity contribution is -0.121. The van der Waals surface area contributed by atoms with Crippen molar-refractivity contribution in [2.45, 2.75) is 18.7 Å². The van der Waals surface area contributed by atoms with E-state index in [1.54, 1.807) is 30.9 Å². The molecule has 0 spiro atoms. The van der Waals surface area contributed by atoms with Gasteiger partial charge in [-0.15, -0.1) is 0 Å². The molecule has 224 valence electrons. The third-order valence-corrected chi connectivity index (χ3v) is 8.12. The van der Waals surface area contributed by atoms with E-state index in [1.165, 1.54) is 42.5 Å². The summed E-state index contributed by atoms with van der Waals surface area (Å²) in [6, 6.07) is 15.2. The van der Waals surface area contributed by atoms with Gasteiger partial charge in [0.25, 0.3) is 15.9 Å². The number of morpholine rings is 1. The SMILES string of the molecule is Cc1cc(C#N)cc(C(=O)c2cc(Cl)ccc2OCC(=O)Nc2ccc(S(=O)(=O)NC(=O)CN3CCOCC3)cc2C)c1. The number of benzene rings is 3. The zero-order valence-corrected chi connectivity index (χ0v) is 25.0. The number of hydrogen-bond acceptors (Lipinski definition) is 9. The van der Waals surface area contributed by atoms with E-state index in [9.17, 15) is 28.1 Å². The van der Waals surface area contributed by atoms with E-state index in [-0.39, 0.29) is 33.3 Å². The fourth-order valence-corrected chi connectivity index (χ4v) is 5.65. The van der Waals surface area contributed by atoms with Crippen LogP contribution in [0.15, 0.2) is 59.5 Å². The molecule has 0 saturated carbocycles. The monoisotopic (exact) mass is 624 g/mol. The van der Waals surface area contributed by atoms with Crippen LogP contribution in [0.5, 0.6) is 5.75 Å². The van der Waals surface area contributed by atoms with Crippen molar-refractivity contribution >= 4 is 44.9 Å². The molecule has 1 aliphatic heterocycles. The lowest BCUT2D eigenvalue weighted by atomic mass is 9.98.